The summed E-state index contributed by atoms with van der Waals surface area (Å²) in [7, 11) is 8.62. The fourth-order valence-electron chi connectivity index (χ4n) is 13.0. The molecule has 1 fully saturated rings. The topological polar surface area (TPSA) is 279 Å². The van der Waals surface area contributed by atoms with Crippen LogP contribution in [0.25, 0.3) is 5.57 Å². The minimum absolute atomic E-state index is 0.00159. The second kappa shape index (κ2) is 38.2. The molecule has 5 N–H and O–H groups in total. The van der Waals surface area contributed by atoms with E-state index in [4.69, 9.17) is 0 Å². The molecule has 544 valence electrons. The maximum absolute atomic E-state index is 15.3. The van der Waals surface area contributed by atoms with Crippen molar-refractivity contribution in [3.05, 3.63) is 114 Å². The Hall–Kier alpha value is -8.47. The third-order valence-electron chi connectivity index (χ3n) is 19.2. The lowest BCUT2D eigenvalue weighted by atomic mass is 9.94. The van der Waals surface area contributed by atoms with Gasteiger partial charge in [0.15, 0.2) is 0 Å². The van der Waals surface area contributed by atoms with Gasteiger partial charge in [0.1, 0.15) is 54.4 Å². The number of aliphatic hydroxyl groups excluding tert-OH is 1. The van der Waals surface area contributed by atoms with Crippen LogP contribution >= 0.6 is 0 Å². The summed E-state index contributed by atoms with van der Waals surface area (Å²) < 4.78 is 0. The number of amides is 11. The molecule has 99 heavy (non-hydrogen) atoms. The van der Waals surface area contributed by atoms with Gasteiger partial charge in [-0.05, 0) is 110 Å². The van der Waals surface area contributed by atoms with E-state index in [-0.39, 0.29) is 75.0 Å². The molecule has 0 saturated carbocycles. The summed E-state index contributed by atoms with van der Waals surface area (Å²) >= 11 is 0. The number of likely N-dealkylation sites (tertiary alicyclic amines) is 1. The molecule has 0 aliphatic carbocycles. The third-order valence-corrected chi connectivity index (χ3v) is 19.2. The number of carbonyl (C=O) groups is 11. The average Bonchev–Trinajstić information content (AvgIpc) is 0.811. The average molecular weight is 1370 g/mol. The smallest absolute Gasteiger partial charge is 0.248 e. The van der Waals surface area contributed by atoms with Crippen LogP contribution in [-0.2, 0) is 72.0 Å². The summed E-state index contributed by atoms with van der Waals surface area (Å²) in [6.45, 7) is 22.5. The minimum atomic E-state index is -1.64. The number of aliphatic hydroxyl groups is 1. The standard InChI is InChI=1S/C76H113N11O12/c1-18-50(8)67-70(93)80-66(53(11)88)76(99)81(12)46-65(90)82(13)60(40-48(4)5)69(92)79-59(73(96)87-37-26-21-27-38-87)43-56-33-28-34-57(42-56)51(9)35-36-64(89)78-58(39-47(2)3)72(95)85(16)62(41-49(6)7)74(97)83(14)61(44-54-29-22-19-23-30-54)68(91)77-52(10)71(94)84(15)63(75(98)86(67)17)45-55-31-24-20-25-32-55/h19-20,22-25,28-34,42,47-50,52-53,58-63,66-67,88H,9,18,21,26-27,35-41,43-46H2,1-8,10-17H3,(H,77,91)(H,78,89)(H,79,92)(H,80,93)/t50-,52-,53+,58-,59-,60-,61-,62-,63-,66-,67-/m0/s1. The largest absolute Gasteiger partial charge is 0.391 e. The number of nitrogens with zero attached hydrogens (tertiary/aromatic N) is 7. The summed E-state index contributed by atoms with van der Waals surface area (Å²) in [5, 5.41) is 22.8. The van der Waals surface area contributed by atoms with Crippen LogP contribution in [0.3, 0.4) is 0 Å². The number of piperidine rings is 1. The quantitative estimate of drug-likeness (QED) is 0.131. The number of benzene rings is 3. The van der Waals surface area contributed by atoms with Crippen molar-refractivity contribution in [2.45, 2.75) is 207 Å². The predicted molar refractivity (Wildman–Crippen MR) is 382 cm³/mol. The SMILES string of the molecule is C=C1CCC(=O)N[C@@H](CC(C)C)C(=O)N(C)[C@@H](CC(C)C)C(=O)N(C)[C@@H](Cc2ccccc2)C(=O)N[C@@H](C)C(=O)N(C)[C@@H](Cc2ccccc2)C(=O)N(C)[C@@H]([C@@H](C)CC)C(=O)N[C@@H]([C@@H](C)O)C(=O)N(C)CC(=O)N(C)[C@@H](CC(C)C)C(=O)N[C@H](C(=O)N2CCCCC2)Cc2cccc1c2. The summed E-state index contributed by atoms with van der Waals surface area (Å²) in [5.74, 6) is -7.67. The van der Waals surface area contributed by atoms with Crippen LogP contribution in [0.1, 0.15) is 149 Å². The normalized spacial score (nSPS) is 24.6. The number of likely N-dealkylation sites (N-methyl/N-ethyl adjacent to an activating group) is 6. The zero-order valence-corrected chi connectivity index (χ0v) is 61.5. The van der Waals surface area contributed by atoms with Crippen molar-refractivity contribution < 1.29 is 57.8 Å². The molecule has 23 heteroatoms. The van der Waals surface area contributed by atoms with Crippen LogP contribution in [0, 0.1) is 23.7 Å². The highest BCUT2D eigenvalue weighted by Gasteiger charge is 2.43. The first kappa shape index (κ1) is 81.2. The van der Waals surface area contributed by atoms with Gasteiger partial charge in [-0.3, -0.25) is 52.7 Å². The molecule has 5 rings (SSSR count). The van der Waals surface area contributed by atoms with Crippen LogP contribution in [0.2, 0.25) is 0 Å². The van der Waals surface area contributed by atoms with Crippen LogP contribution < -0.4 is 21.3 Å². The molecule has 11 amide bonds. The Kier molecular flexibility index (Phi) is 31.3. The van der Waals surface area contributed by atoms with Gasteiger partial charge in [0, 0.05) is 81.1 Å². The van der Waals surface area contributed by atoms with Crippen molar-refractivity contribution in [3.63, 3.8) is 0 Å². The maximum atomic E-state index is 15.3. The summed E-state index contributed by atoms with van der Waals surface area (Å²) in [6, 6.07) is 14.2. The van der Waals surface area contributed by atoms with Gasteiger partial charge in [-0.15, -0.1) is 0 Å². The molecule has 3 aromatic carbocycles. The van der Waals surface area contributed by atoms with Crippen molar-refractivity contribution in [3.8, 4) is 0 Å². The molecule has 2 aliphatic heterocycles. The Morgan fingerprint density at radius 2 is 1.07 bits per heavy atom. The number of allylic oxidation sites excluding steroid dienone is 1. The lowest BCUT2D eigenvalue weighted by Gasteiger charge is -2.38. The number of hydrogen-bond donors (Lipinski definition) is 5. The van der Waals surface area contributed by atoms with E-state index in [1.165, 1.54) is 80.6 Å². The fourth-order valence-corrected chi connectivity index (χ4v) is 13.0. The van der Waals surface area contributed by atoms with E-state index in [9.17, 15) is 43.5 Å². The Labute approximate surface area is 587 Å². The summed E-state index contributed by atoms with van der Waals surface area (Å²) in [5.41, 5.74) is 3.31. The molecule has 1 saturated heterocycles. The second-order valence-corrected chi connectivity index (χ2v) is 28.7. The van der Waals surface area contributed by atoms with Crippen molar-refractivity contribution in [1.29, 1.82) is 0 Å². The highest BCUT2D eigenvalue weighted by molar-refractivity contribution is 5.99. The lowest BCUT2D eigenvalue weighted by Crippen LogP contribution is -2.62. The molecule has 0 spiro atoms. The van der Waals surface area contributed by atoms with Gasteiger partial charge in [-0.2, -0.15) is 0 Å². The number of fused-ring (bicyclic) bond motifs is 2. The van der Waals surface area contributed by atoms with Gasteiger partial charge in [-0.1, -0.05) is 153 Å². The number of carbonyl (C=O) groups excluding carboxylic acids is 11. The molecule has 3 aromatic rings. The van der Waals surface area contributed by atoms with Crippen molar-refractivity contribution in [1.82, 2.24) is 55.6 Å². The first-order valence-electron chi connectivity index (χ1n) is 35.3. The van der Waals surface area contributed by atoms with E-state index in [0.717, 1.165) is 24.2 Å². The van der Waals surface area contributed by atoms with Gasteiger partial charge in [0.05, 0.1) is 12.6 Å². The Bertz CT molecular complexity index is 3260. The zero-order chi connectivity index (χ0) is 73.7. The Morgan fingerprint density at radius 3 is 1.63 bits per heavy atom. The monoisotopic (exact) mass is 1370 g/mol. The first-order chi connectivity index (χ1) is 46.7. The van der Waals surface area contributed by atoms with Gasteiger partial charge in [0.2, 0.25) is 65.0 Å². The molecular formula is C76H113N11O12. The molecule has 2 heterocycles. The minimum Gasteiger partial charge on any atom is -0.391 e. The highest BCUT2D eigenvalue weighted by atomic mass is 16.3. The number of hydrogen-bond acceptors (Lipinski definition) is 12. The van der Waals surface area contributed by atoms with Crippen LogP contribution in [-0.4, -0.2) is 227 Å². The fraction of sp³-hybridized carbons (Fsp3) is 0.592. The van der Waals surface area contributed by atoms with Crippen LogP contribution in [0.4, 0.5) is 0 Å². The lowest BCUT2D eigenvalue weighted by molar-refractivity contribution is -0.151. The highest BCUT2D eigenvalue weighted by Crippen LogP contribution is 2.26. The molecule has 0 aromatic heterocycles. The molecular weight excluding hydrogens is 1260 g/mol. The van der Waals surface area contributed by atoms with Crippen LogP contribution in [0.5, 0.6) is 0 Å². The predicted octanol–water partition coefficient (Wildman–Crippen LogP) is 5.65. The van der Waals surface area contributed by atoms with Gasteiger partial charge in [-0.25, -0.2) is 0 Å². The van der Waals surface area contributed by atoms with E-state index in [0.29, 0.717) is 47.3 Å². The first-order valence-corrected chi connectivity index (χ1v) is 35.3. The van der Waals surface area contributed by atoms with Crippen molar-refractivity contribution in [2.24, 2.45) is 23.7 Å². The second-order valence-electron chi connectivity index (χ2n) is 28.7. The summed E-state index contributed by atoms with van der Waals surface area (Å²) in [6.07, 6.45) is 2.10. The molecule has 2 aliphatic rings. The zero-order valence-electron chi connectivity index (χ0n) is 61.5. The maximum Gasteiger partial charge on any atom is 0.248 e. The third kappa shape index (κ3) is 23.0. The van der Waals surface area contributed by atoms with E-state index in [1.54, 1.807) is 60.4 Å². The van der Waals surface area contributed by atoms with Gasteiger partial charge in [0.25, 0.3) is 0 Å². The van der Waals surface area contributed by atoms with E-state index in [1.807, 2.05) is 84.9 Å². The van der Waals surface area contributed by atoms with Crippen molar-refractivity contribution in [2.75, 3.05) is 61.9 Å². The number of rotatable bonds is 14. The van der Waals surface area contributed by atoms with Crippen molar-refractivity contribution >= 4 is 70.6 Å². The Balaban J connectivity index is 1.62. The van der Waals surface area contributed by atoms with E-state index < -0.39 is 132 Å². The van der Waals surface area contributed by atoms with Gasteiger partial charge < -0.3 is 60.7 Å². The molecule has 0 unspecified atom stereocenters. The number of nitrogens with one attached hydrogen (secondary N) is 4. The Morgan fingerprint density at radius 1 is 0.545 bits per heavy atom. The van der Waals surface area contributed by atoms with E-state index in [2.05, 4.69) is 27.8 Å². The van der Waals surface area contributed by atoms with Crippen LogP contribution in [0.15, 0.2) is 91.5 Å². The molecule has 0 radical (unpaired) electrons. The molecule has 2 bridgehead atoms. The summed E-state index contributed by atoms with van der Waals surface area (Å²) in [4.78, 5) is 172. The molecule has 23 nitrogen and oxygen atoms in total. The van der Waals surface area contributed by atoms with E-state index >= 15 is 14.4 Å². The van der Waals surface area contributed by atoms with Gasteiger partial charge >= 0.3 is 0 Å². The molecule has 11 atom stereocenters.